The monoisotopic (exact) mass is 230 g/mol. The molecular weight excluding hydrogens is 216 g/mol. The summed E-state index contributed by atoms with van der Waals surface area (Å²) in [5.41, 5.74) is 3.11. The minimum absolute atomic E-state index is 0.926. The van der Waals surface area contributed by atoms with E-state index in [9.17, 15) is 9.59 Å². The fourth-order valence-electron chi connectivity index (χ4n) is 0.530. The van der Waals surface area contributed by atoms with Gasteiger partial charge in [-0.15, -0.1) is 13.2 Å². The summed E-state index contributed by atoms with van der Waals surface area (Å²) in [6.07, 6.45) is 0. The molecule has 0 aliphatic heterocycles. The van der Waals surface area contributed by atoms with Crippen LogP contribution in [-0.4, -0.2) is 30.0 Å². The highest BCUT2D eigenvalue weighted by Crippen LogP contribution is 1.93. The molecule has 0 bridgehead atoms. The lowest BCUT2D eigenvalue weighted by molar-refractivity contribution is -0.156. The van der Waals surface area contributed by atoms with Crippen molar-refractivity contribution >= 4 is 30.0 Å². The van der Waals surface area contributed by atoms with Crippen LogP contribution in [0.15, 0.2) is 24.6 Å². The molecule has 0 aromatic heterocycles. The van der Waals surface area contributed by atoms with Gasteiger partial charge in [0, 0.05) is 0 Å². The Morgan fingerprint density at radius 2 is 1.29 bits per heavy atom. The van der Waals surface area contributed by atoms with Gasteiger partial charge in [0.2, 0.25) is 0 Å². The van der Waals surface area contributed by atoms with Gasteiger partial charge in [-0.25, -0.2) is 9.59 Å². The molecule has 0 saturated carbocycles. The van der Waals surface area contributed by atoms with Gasteiger partial charge in [-0.2, -0.15) is 0 Å². The first-order valence-corrected chi connectivity index (χ1v) is 8.76. The molecule has 0 heterocycles. The van der Waals surface area contributed by atoms with Crippen molar-refractivity contribution in [2.75, 3.05) is 0 Å². The largest absolute Gasteiger partial charge is 0.510 e. The summed E-state index contributed by atoms with van der Waals surface area (Å²) in [6.45, 7) is 10.4. The smallest absolute Gasteiger partial charge is 0.402 e. The SMILES string of the molecule is C=C[SiH](C)OC(=O)C(=O)O[SiH](C)C=C. The van der Waals surface area contributed by atoms with Crippen LogP contribution in [0, 0.1) is 0 Å². The number of hydrogen-bond acceptors (Lipinski definition) is 4. The third-order valence-corrected chi connectivity index (χ3v) is 3.92. The Kier molecular flexibility index (Phi) is 5.81. The maximum Gasteiger partial charge on any atom is 0.402 e. The van der Waals surface area contributed by atoms with E-state index in [4.69, 9.17) is 8.85 Å². The Balaban J connectivity index is 4.06. The third-order valence-electron chi connectivity index (χ3n) is 1.42. The molecule has 0 fully saturated rings. The van der Waals surface area contributed by atoms with E-state index in [-0.39, 0.29) is 0 Å². The topological polar surface area (TPSA) is 52.6 Å². The minimum Gasteiger partial charge on any atom is -0.510 e. The first-order chi connectivity index (χ1) is 6.51. The van der Waals surface area contributed by atoms with Crippen LogP contribution in [0.25, 0.3) is 0 Å². The van der Waals surface area contributed by atoms with Crippen molar-refractivity contribution in [2.45, 2.75) is 13.1 Å². The second kappa shape index (κ2) is 6.33. The van der Waals surface area contributed by atoms with Gasteiger partial charge in [-0.1, -0.05) is 11.4 Å². The molecule has 0 aliphatic carbocycles. The van der Waals surface area contributed by atoms with Crippen molar-refractivity contribution in [1.82, 2.24) is 0 Å². The lowest BCUT2D eigenvalue weighted by Gasteiger charge is -2.09. The number of rotatable bonds is 4. The maximum absolute atomic E-state index is 11.0. The molecule has 0 N–H and O–H groups in total. The van der Waals surface area contributed by atoms with Gasteiger partial charge >= 0.3 is 11.9 Å². The van der Waals surface area contributed by atoms with Gasteiger partial charge < -0.3 is 8.85 Å². The predicted octanol–water partition coefficient (Wildman–Crippen LogP) is 0.230. The van der Waals surface area contributed by atoms with E-state index in [0.29, 0.717) is 0 Å². The van der Waals surface area contributed by atoms with Crippen LogP contribution in [0.1, 0.15) is 0 Å². The van der Waals surface area contributed by atoms with Crippen molar-refractivity contribution in [3.8, 4) is 0 Å². The van der Waals surface area contributed by atoms with Crippen LogP contribution in [0.4, 0.5) is 0 Å². The number of carbonyl (C=O) groups is 2. The second-order valence-electron chi connectivity index (χ2n) is 2.69. The normalized spacial score (nSPS) is 13.6. The quantitative estimate of drug-likeness (QED) is 0.512. The molecule has 0 aromatic carbocycles. The molecular formula is C8H14O4Si2. The second-order valence-corrected chi connectivity index (χ2v) is 6.93. The van der Waals surface area contributed by atoms with Gasteiger partial charge in [0.05, 0.1) is 0 Å². The predicted molar refractivity (Wildman–Crippen MR) is 58.6 cm³/mol. The van der Waals surface area contributed by atoms with Crippen LogP contribution < -0.4 is 0 Å². The lowest BCUT2D eigenvalue weighted by atomic mass is 10.7. The average Bonchev–Trinajstić information content (AvgIpc) is 2.17. The van der Waals surface area contributed by atoms with Crippen LogP contribution in [-0.2, 0) is 18.4 Å². The minimum atomic E-state index is -1.75. The van der Waals surface area contributed by atoms with Crippen molar-refractivity contribution < 1.29 is 18.4 Å². The standard InChI is InChI=1S/C8H14O4Si2/c1-5-13(3)11-7(9)8(10)12-14(4)6-2/h5-6,13-14H,1-2H2,3-4H3. The molecule has 0 aromatic rings. The molecule has 4 nitrogen and oxygen atoms in total. The Hall–Kier alpha value is -1.15. The fraction of sp³-hybridized carbons (Fsp3) is 0.250. The maximum atomic E-state index is 11.0. The first-order valence-electron chi connectivity index (χ1n) is 4.18. The van der Waals surface area contributed by atoms with Gasteiger partial charge in [-0.3, -0.25) is 0 Å². The van der Waals surface area contributed by atoms with Gasteiger partial charge in [-0.05, 0) is 13.1 Å². The fourth-order valence-corrected chi connectivity index (χ4v) is 1.59. The van der Waals surface area contributed by atoms with E-state index in [0.717, 1.165) is 0 Å². The summed E-state index contributed by atoms with van der Waals surface area (Å²) in [5, 5.41) is 0. The molecule has 14 heavy (non-hydrogen) atoms. The van der Waals surface area contributed by atoms with E-state index in [2.05, 4.69) is 13.2 Å². The molecule has 0 rings (SSSR count). The molecule has 0 spiro atoms. The van der Waals surface area contributed by atoms with Crippen LogP contribution in [0.5, 0.6) is 0 Å². The van der Waals surface area contributed by atoms with E-state index in [1.807, 2.05) is 0 Å². The van der Waals surface area contributed by atoms with E-state index in [1.165, 1.54) is 0 Å². The van der Waals surface area contributed by atoms with Crippen molar-refractivity contribution in [3.63, 3.8) is 0 Å². The Labute approximate surface area is 86.7 Å². The summed E-state index contributed by atoms with van der Waals surface area (Å²) in [4.78, 5) is 22.1. The summed E-state index contributed by atoms with van der Waals surface area (Å²) in [6, 6.07) is 0. The first kappa shape index (κ1) is 12.9. The summed E-state index contributed by atoms with van der Waals surface area (Å²) >= 11 is 0. The molecule has 78 valence electrons. The van der Waals surface area contributed by atoms with E-state index in [1.54, 1.807) is 24.5 Å². The zero-order chi connectivity index (χ0) is 11.1. The zero-order valence-corrected chi connectivity index (χ0v) is 10.7. The van der Waals surface area contributed by atoms with E-state index >= 15 is 0 Å². The van der Waals surface area contributed by atoms with Crippen molar-refractivity contribution in [2.24, 2.45) is 0 Å². The molecule has 0 radical (unpaired) electrons. The highest BCUT2D eigenvalue weighted by atomic mass is 28.3. The highest BCUT2D eigenvalue weighted by molar-refractivity contribution is 6.63. The van der Waals surface area contributed by atoms with Crippen LogP contribution >= 0.6 is 0 Å². The molecule has 2 atom stereocenters. The van der Waals surface area contributed by atoms with Gasteiger partial charge in [0.1, 0.15) is 0 Å². The highest BCUT2D eigenvalue weighted by Gasteiger charge is 2.20. The summed E-state index contributed by atoms with van der Waals surface area (Å²) in [5.74, 6) is -1.85. The number of carbonyl (C=O) groups excluding carboxylic acids is 2. The summed E-state index contributed by atoms with van der Waals surface area (Å²) in [7, 11) is -3.49. The molecule has 2 unspecified atom stereocenters. The lowest BCUT2D eigenvalue weighted by Crippen LogP contribution is -2.29. The van der Waals surface area contributed by atoms with Crippen LogP contribution in [0.3, 0.4) is 0 Å². The van der Waals surface area contributed by atoms with Gasteiger partial charge in [0.15, 0.2) is 0 Å². The Morgan fingerprint density at radius 1 is 1.00 bits per heavy atom. The summed E-state index contributed by atoms with van der Waals surface area (Å²) < 4.78 is 9.60. The Morgan fingerprint density at radius 3 is 1.50 bits per heavy atom. The number of hydrogen-bond donors (Lipinski definition) is 0. The molecule has 0 aliphatic rings. The molecule has 0 amide bonds. The average molecular weight is 230 g/mol. The molecule has 6 heteroatoms. The van der Waals surface area contributed by atoms with Crippen LogP contribution in [0.2, 0.25) is 13.1 Å². The Bertz CT molecular complexity index is 226. The van der Waals surface area contributed by atoms with Gasteiger partial charge in [0.25, 0.3) is 18.1 Å². The third kappa shape index (κ3) is 4.78. The zero-order valence-electron chi connectivity index (χ0n) is 8.36. The van der Waals surface area contributed by atoms with Crippen molar-refractivity contribution in [3.05, 3.63) is 24.6 Å². The van der Waals surface area contributed by atoms with Crippen molar-refractivity contribution in [1.29, 1.82) is 0 Å². The van der Waals surface area contributed by atoms with E-state index < -0.39 is 30.0 Å². The molecule has 0 saturated heterocycles.